The predicted molar refractivity (Wildman–Crippen MR) is 90.1 cm³/mol. The van der Waals surface area contributed by atoms with Gasteiger partial charge >= 0.3 is 0 Å². The SMILES string of the molecule is O=C1CC(Cc2ccccc2)C(=O)N1CN1CCN(CCO)CC1. The number of rotatable bonds is 6. The summed E-state index contributed by atoms with van der Waals surface area (Å²) in [4.78, 5) is 30.6. The van der Waals surface area contributed by atoms with Crippen LogP contribution in [0.1, 0.15) is 12.0 Å². The second-order valence-electron chi connectivity index (χ2n) is 6.58. The maximum Gasteiger partial charge on any atom is 0.234 e. The number of aliphatic hydroxyl groups excluding tert-OH is 1. The predicted octanol–water partition coefficient (Wildman–Crippen LogP) is 0.172. The molecule has 6 heteroatoms. The molecule has 0 aromatic heterocycles. The summed E-state index contributed by atoms with van der Waals surface area (Å²) in [5.41, 5.74) is 1.10. The number of carbonyl (C=O) groups excluding carboxylic acids is 2. The number of amides is 2. The minimum absolute atomic E-state index is 0.0401. The van der Waals surface area contributed by atoms with Gasteiger partial charge in [-0.15, -0.1) is 0 Å². The Morgan fingerprint density at radius 2 is 1.67 bits per heavy atom. The van der Waals surface area contributed by atoms with Crippen molar-refractivity contribution < 1.29 is 14.7 Å². The van der Waals surface area contributed by atoms with Gasteiger partial charge in [-0.05, 0) is 12.0 Å². The summed E-state index contributed by atoms with van der Waals surface area (Å²) in [5.74, 6) is -0.323. The first-order valence-electron chi connectivity index (χ1n) is 8.61. The number of β-amino-alcohol motifs (C(OH)–C–C–N with tert-alkyl or cyclic N) is 1. The van der Waals surface area contributed by atoms with E-state index in [2.05, 4.69) is 9.80 Å². The standard InChI is InChI=1S/C18H25N3O3/c22-11-10-19-6-8-20(9-7-19)14-21-17(23)13-16(18(21)24)12-15-4-2-1-3-5-15/h1-5,16,22H,6-14H2. The van der Waals surface area contributed by atoms with Crippen molar-refractivity contribution in [3.05, 3.63) is 35.9 Å². The van der Waals surface area contributed by atoms with E-state index in [0.717, 1.165) is 31.7 Å². The number of aliphatic hydroxyl groups is 1. The molecule has 2 aliphatic rings. The average Bonchev–Trinajstić information content (AvgIpc) is 2.85. The summed E-state index contributed by atoms with van der Waals surface area (Å²) >= 11 is 0. The number of hydrogen-bond donors (Lipinski definition) is 1. The van der Waals surface area contributed by atoms with Gasteiger partial charge in [-0.1, -0.05) is 30.3 Å². The van der Waals surface area contributed by atoms with Gasteiger partial charge in [0, 0.05) is 39.1 Å². The normalized spacial score (nSPS) is 23.2. The second-order valence-corrected chi connectivity index (χ2v) is 6.58. The van der Waals surface area contributed by atoms with Crippen LogP contribution in [0, 0.1) is 5.92 Å². The van der Waals surface area contributed by atoms with Crippen molar-refractivity contribution in [2.24, 2.45) is 5.92 Å². The van der Waals surface area contributed by atoms with Crippen LogP contribution >= 0.6 is 0 Å². The van der Waals surface area contributed by atoms with E-state index in [9.17, 15) is 9.59 Å². The highest BCUT2D eigenvalue weighted by molar-refractivity contribution is 6.03. The molecule has 2 aliphatic heterocycles. The average molecular weight is 331 g/mol. The van der Waals surface area contributed by atoms with Crippen LogP contribution in [0.15, 0.2) is 30.3 Å². The van der Waals surface area contributed by atoms with Crippen molar-refractivity contribution in [2.45, 2.75) is 12.8 Å². The van der Waals surface area contributed by atoms with E-state index in [0.29, 0.717) is 26.1 Å². The largest absolute Gasteiger partial charge is 0.395 e. The molecule has 2 heterocycles. The number of piperazine rings is 1. The highest BCUT2D eigenvalue weighted by Crippen LogP contribution is 2.24. The van der Waals surface area contributed by atoms with Crippen LogP contribution in [0.2, 0.25) is 0 Å². The Kier molecular flexibility index (Phi) is 5.60. The minimum atomic E-state index is -0.226. The number of imide groups is 1. The fraction of sp³-hybridized carbons (Fsp3) is 0.556. The fourth-order valence-corrected chi connectivity index (χ4v) is 3.45. The molecule has 2 fully saturated rings. The number of carbonyl (C=O) groups is 2. The van der Waals surface area contributed by atoms with Gasteiger partial charge in [-0.25, -0.2) is 0 Å². The topological polar surface area (TPSA) is 64.1 Å². The summed E-state index contributed by atoms with van der Waals surface area (Å²) in [6, 6.07) is 9.87. The van der Waals surface area contributed by atoms with Crippen molar-refractivity contribution in [1.82, 2.24) is 14.7 Å². The Morgan fingerprint density at radius 3 is 2.33 bits per heavy atom. The van der Waals surface area contributed by atoms with E-state index in [1.807, 2.05) is 30.3 Å². The van der Waals surface area contributed by atoms with Crippen LogP contribution in [0.4, 0.5) is 0 Å². The Balaban J connectivity index is 1.53. The summed E-state index contributed by atoms with van der Waals surface area (Å²) in [7, 11) is 0. The third-order valence-corrected chi connectivity index (χ3v) is 4.88. The zero-order valence-electron chi connectivity index (χ0n) is 13.9. The Bertz CT molecular complexity index is 570. The summed E-state index contributed by atoms with van der Waals surface area (Å²) in [5, 5.41) is 8.98. The van der Waals surface area contributed by atoms with Crippen molar-refractivity contribution in [3.8, 4) is 0 Å². The van der Waals surface area contributed by atoms with Gasteiger partial charge < -0.3 is 5.11 Å². The quantitative estimate of drug-likeness (QED) is 0.753. The molecule has 0 saturated carbocycles. The summed E-state index contributed by atoms with van der Waals surface area (Å²) in [6.45, 7) is 4.63. The summed E-state index contributed by atoms with van der Waals surface area (Å²) in [6.07, 6.45) is 0.949. The van der Waals surface area contributed by atoms with Gasteiger partial charge in [0.2, 0.25) is 11.8 Å². The van der Waals surface area contributed by atoms with Crippen molar-refractivity contribution >= 4 is 11.8 Å². The second kappa shape index (κ2) is 7.88. The van der Waals surface area contributed by atoms with Gasteiger partial charge in [-0.3, -0.25) is 24.3 Å². The summed E-state index contributed by atoms with van der Waals surface area (Å²) < 4.78 is 0. The Labute approximate surface area is 142 Å². The van der Waals surface area contributed by atoms with E-state index in [1.165, 1.54) is 4.90 Å². The third kappa shape index (κ3) is 4.01. The first-order chi connectivity index (χ1) is 11.7. The third-order valence-electron chi connectivity index (χ3n) is 4.88. The zero-order chi connectivity index (χ0) is 16.9. The van der Waals surface area contributed by atoms with Crippen LogP contribution in [0.25, 0.3) is 0 Å². The van der Waals surface area contributed by atoms with Crippen LogP contribution in [0.3, 0.4) is 0 Å². The highest BCUT2D eigenvalue weighted by atomic mass is 16.3. The zero-order valence-corrected chi connectivity index (χ0v) is 13.9. The van der Waals surface area contributed by atoms with Crippen LogP contribution in [-0.2, 0) is 16.0 Å². The maximum absolute atomic E-state index is 12.6. The first kappa shape index (κ1) is 17.1. The van der Waals surface area contributed by atoms with E-state index in [-0.39, 0.29) is 24.3 Å². The molecular weight excluding hydrogens is 306 g/mol. The molecular formula is C18H25N3O3. The molecule has 3 rings (SSSR count). The molecule has 2 amide bonds. The molecule has 1 aromatic rings. The van der Waals surface area contributed by atoms with E-state index in [1.54, 1.807) is 0 Å². The molecule has 24 heavy (non-hydrogen) atoms. The van der Waals surface area contributed by atoms with Gasteiger partial charge in [0.05, 0.1) is 19.2 Å². The molecule has 0 radical (unpaired) electrons. The van der Waals surface area contributed by atoms with Crippen LogP contribution in [-0.4, -0.2) is 77.6 Å². The van der Waals surface area contributed by atoms with E-state index < -0.39 is 0 Å². The number of nitrogens with zero attached hydrogens (tertiary/aromatic N) is 3. The molecule has 1 aromatic carbocycles. The molecule has 0 bridgehead atoms. The number of benzene rings is 1. The lowest BCUT2D eigenvalue weighted by atomic mass is 9.98. The van der Waals surface area contributed by atoms with Gasteiger partial charge in [0.15, 0.2) is 0 Å². The van der Waals surface area contributed by atoms with Crippen molar-refractivity contribution in [3.63, 3.8) is 0 Å². The number of hydrogen-bond acceptors (Lipinski definition) is 5. The molecule has 130 valence electrons. The molecule has 1 atom stereocenters. The Morgan fingerprint density at radius 1 is 1.00 bits per heavy atom. The lowest BCUT2D eigenvalue weighted by Crippen LogP contribution is -2.51. The lowest BCUT2D eigenvalue weighted by Gasteiger charge is -2.35. The fourth-order valence-electron chi connectivity index (χ4n) is 3.45. The number of likely N-dealkylation sites (tertiary alicyclic amines) is 1. The van der Waals surface area contributed by atoms with Gasteiger partial charge in [0.1, 0.15) is 0 Å². The molecule has 2 saturated heterocycles. The van der Waals surface area contributed by atoms with E-state index >= 15 is 0 Å². The van der Waals surface area contributed by atoms with Crippen molar-refractivity contribution in [2.75, 3.05) is 46.0 Å². The van der Waals surface area contributed by atoms with Crippen LogP contribution in [0.5, 0.6) is 0 Å². The van der Waals surface area contributed by atoms with Crippen LogP contribution < -0.4 is 0 Å². The lowest BCUT2D eigenvalue weighted by molar-refractivity contribution is -0.142. The molecule has 6 nitrogen and oxygen atoms in total. The molecule has 0 aliphatic carbocycles. The van der Waals surface area contributed by atoms with Gasteiger partial charge in [-0.2, -0.15) is 0 Å². The molecule has 1 unspecified atom stereocenters. The monoisotopic (exact) mass is 331 g/mol. The molecule has 1 N–H and O–H groups in total. The first-order valence-corrected chi connectivity index (χ1v) is 8.61. The minimum Gasteiger partial charge on any atom is -0.395 e. The Hall–Kier alpha value is -1.76. The highest BCUT2D eigenvalue weighted by Gasteiger charge is 2.39. The smallest absolute Gasteiger partial charge is 0.234 e. The van der Waals surface area contributed by atoms with Crippen molar-refractivity contribution in [1.29, 1.82) is 0 Å². The van der Waals surface area contributed by atoms with Gasteiger partial charge in [0.25, 0.3) is 0 Å². The molecule has 0 spiro atoms. The maximum atomic E-state index is 12.6. The van der Waals surface area contributed by atoms with E-state index in [4.69, 9.17) is 5.11 Å².